The highest BCUT2D eigenvalue weighted by Crippen LogP contribution is 2.30. The lowest BCUT2D eigenvalue weighted by Crippen LogP contribution is -2.59. The third-order valence-corrected chi connectivity index (χ3v) is 11.1. The summed E-state index contributed by atoms with van der Waals surface area (Å²) in [4.78, 5) is 66.3. The molecule has 5 rings (SSSR count). The first-order valence-electron chi connectivity index (χ1n) is 19.7. The SMILES string of the molecule is Cc1nc(CN2CCN([C@H](C(=O)N[C@@H](Cc3ccccc3)C[C@@H](O)[C@H](Cc3ccc(-c4ccccn4)cc3)NC(=O)[C@@H](NC(=O)O)C(C)(C)C)C(C)(C)C)C2=O)cs1. The molecule has 4 aromatic rings. The number of carbonyl (C=O) groups excluding carboxylic acids is 3. The first-order valence-corrected chi connectivity index (χ1v) is 20.6. The number of aromatic nitrogens is 2. The van der Waals surface area contributed by atoms with E-state index in [-0.39, 0.29) is 24.8 Å². The van der Waals surface area contributed by atoms with Crippen molar-refractivity contribution >= 4 is 35.3 Å². The minimum absolute atomic E-state index is 0.0459. The first kappa shape index (κ1) is 43.8. The molecule has 1 aliphatic heterocycles. The van der Waals surface area contributed by atoms with E-state index in [2.05, 4.69) is 25.9 Å². The molecule has 0 bridgehead atoms. The number of pyridine rings is 1. The van der Waals surface area contributed by atoms with Gasteiger partial charge in [0.05, 0.1) is 35.1 Å². The lowest BCUT2D eigenvalue weighted by atomic mass is 9.84. The predicted molar refractivity (Wildman–Crippen MR) is 225 cm³/mol. The van der Waals surface area contributed by atoms with Crippen LogP contribution >= 0.6 is 11.3 Å². The fourth-order valence-electron chi connectivity index (χ4n) is 7.44. The highest BCUT2D eigenvalue weighted by atomic mass is 32.1. The smallest absolute Gasteiger partial charge is 0.405 e. The Morgan fingerprint density at radius 1 is 0.828 bits per heavy atom. The van der Waals surface area contributed by atoms with Crippen LogP contribution in [0.25, 0.3) is 11.3 Å². The summed E-state index contributed by atoms with van der Waals surface area (Å²) in [5.74, 6) is -0.921. The number of nitrogens with zero attached hydrogens (tertiary/aromatic N) is 4. The van der Waals surface area contributed by atoms with Gasteiger partial charge in [-0.3, -0.25) is 14.6 Å². The van der Waals surface area contributed by atoms with Crippen LogP contribution in [0.1, 0.15) is 69.8 Å². The average molecular weight is 812 g/mol. The van der Waals surface area contributed by atoms with Gasteiger partial charge in [0.15, 0.2) is 0 Å². The number of rotatable bonds is 16. The molecule has 5 N–H and O–H groups in total. The highest BCUT2D eigenvalue weighted by Gasteiger charge is 2.44. The molecule has 0 aliphatic carbocycles. The van der Waals surface area contributed by atoms with Gasteiger partial charge < -0.3 is 36.0 Å². The van der Waals surface area contributed by atoms with Crippen LogP contribution in [-0.4, -0.2) is 97.3 Å². The molecule has 58 heavy (non-hydrogen) atoms. The van der Waals surface area contributed by atoms with Gasteiger partial charge in [-0.05, 0) is 60.3 Å². The van der Waals surface area contributed by atoms with Gasteiger partial charge in [0.2, 0.25) is 11.8 Å². The van der Waals surface area contributed by atoms with Crippen molar-refractivity contribution in [3.63, 3.8) is 0 Å². The number of hydrogen-bond donors (Lipinski definition) is 5. The van der Waals surface area contributed by atoms with E-state index < -0.39 is 53.1 Å². The monoisotopic (exact) mass is 811 g/mol. The summed E-state index contributed by atoms with van der Waals surface area (Å²) in [5.41, 5.74) is 2.85. The number of amides is 5. The topological polar surface area (TPSA) is 177 Å². The summed E-state index contributed by atoms with van der Waals surface area (Å²) in [6.07, 6.45) is -0.171. The zero-order valence-electron chi connectivity index (χ0n) is 34.4. The van der Waals surface area contributed by atoms with Gasteiger partial charge in [-0.2, -0.15) is 0 Å². The molecule has 0 spiro atoms. The number of carboxylic acid groups (broad SMARTS) is 1. The van der Waals surface area contributed by atoms with Crippen molar-refractivity contribution in [2.75, 3.05) is 13.1 Å². The van der Waals surface area contributed by atoms with E-state index >= 15 is 0 Å². The third-order valence-electron chi connectivity index (χ3n) is 10.3. The number of aryl methyl sites for hydroxylation is 1. The Morgan fingerprint density at radius 3 is 2.09 bits per heavy atom. The van der Waals surface area contributed by atoms with Crippen molar-refractivity contribution in [3.8, 4) is 11.3 Å². The maximum absolute atomic E-state index is 14.5. The van der Waals surface area contributed by atoms with Crippen LogP contribution in [0.3, 0.4) is 0 Å². The van der Waals surface area contributed by atoms with Crippen molar-refractivity contribution in [2.45, 2.75) is 105 Å². The molecule has 310 valence electrons. The van der Waals surface area contributed by atoms with Crippen LogP contribution in [0.2, 0.25) is 0 Å². The van der Waals surface area contributed by atoms with Gasteiger partial charge in [0.25, 0.3) is 0 Å². The average Bonchev–Trinajstić information content (AvgIpc) is 3.73. The zero-order chi connectivity index (χ0) is 42.2. The van der Waals surface area contributed by atoms with Gasteiger partial charge >= 0.3 is 12.1 Å². The van der Waals surface area contributed by atoms with E-state index in [1.807, 2.05) is 106 Å². The molecule has 5 amide bonds. The molecule has 1 fully saturated rings. The standard InChI is InChI=1S/C44H57N7O6S/c1-28-46-33(27-58-28)26-50-21-22-51(42(50)57)38(44(5,6)7)40(54)47-32(23-29-13-9-8-10-14-29)25-36(52)35(48-39(53)37(43(2,3)4)49-41(55)56)24-30-16-18-31(19-17-30)34-15-11-12-20-45-34/h8-20,27,32,35-38,49,52H,21-26H2,1-7H3,(H,47,54)(H,48,53)(H,55,56)/t32-,35-,36+,37+,38+/m0/s1. The van der Waals surface area contributed by atoms with Crippen LogP contribution < -0.4 is 16.0 Å². The quantitative estimate of drug-likeness (QED) is 0.0908. The molecular formula is C44H57N7O6S. The third kappa shape index (κ3) is 11.9. The molecule has 13 nitrogen and oxygen atoms in total. The summed E-state index contributed by atoms with van der Waals surface area (Å²) < 4.78 is 0. The van der Waals surface area contributed by atoms with Gasteiger partial charge in [0, 0.05) is 36.3 Å². The number of benzene rings is 2. The lowest BCUT2D eigenvalue weighted by molar-refractivity contribution is -0.130. The van der Waals surface area contributed by atoms with Crippen molar-refractivity contribution < 1.29 is 29.4 Å². The predicted octanol–water partition coefficient (Wildman–Crippen LogP) is 6.05. The molecular weight excluding hydrogens is 755 g/mol. The second-order valence-corrected chi connectivity index (χ2v) is 18.3. The first-order chi connectivity index (χ1) is 27.4. The number of thiazole rings is 1. The van der Waals surface area contributed by atoms with Crippen molar-refractivity contribution in [2.24, 2.45) is 10.8 Å². The van der Waals surface area contributed by atoms with Crippen LogP contribution in [-0.2, 0) is 29.0 Å². The number of aliphatic hydroxyl groups is 1. The Labute approximate surface area is 345 Å². The zero-order valence-corrected chi connectivity index (χ0v) is 35.3. The van der Waals surface area contributed by atoms with Crippen molar-refractivity contribution in [1.82, 2.24) is 35.7 Å². The Balaban J connectivity index is 1.41. The summed E-state index contributed by atoms with van der Waals surface area (Å²) in [6.45, 7) is 14.2. The minimum atomic E-state index is -1.34. The molecule has 0 radical (unpaired) electrons. The largest absolute Gasteiger partial charge is 0.465 e. The second-order valence-electron chi connectivity index (χ2n) is 17.2. The van der Waals surface area contributed by atoms with Gasteiger partial charge in [0.1, 0.15) is 12.1 Å². The van der Waals surface area contributed by atoms with Gasteiger partial charge in [-0.25, -0.2) is 14.6 Å². The number of urea groups is 1. The number of hydrogen-bond acceptors (Lipinski definition) is 8. The number of nitrogens with one attached hydrogen (secondary N) is 3. The molecule has 0 saturated carbocycles. The Morgan fingerprint density at radius 2 is 1.50 bits per heavy atom. The van der Waals surface area contributed by atoms with E-state index in [4.69, 9.17) is 0 Å². The van der Waals surface area contributed by atoms with E-state index in [0.29, 0.717) is 26.1 Å². The minimum Gasteiger partial charge on any atom is -0.465 e. The van der Waals surface area contributed by atoms with Crippen LogP contribution in [0.5, 0.6) is 0 Å². The number of aliphatic hydroxyl groups excluding tert-OH is 1. The molecule has 0 unspecified atom stereocenters. The van der Waals surface area contributed by atoms with Gasteiger partial charge in [-0.15, -0.1) is 11.3 Å². The molecule has 1 aliphatic rings. The molecule has 3 heterocycles. The Hall–Kier alpha value is -5.34. The second kappa shape index (κ2) is 18.9. The summed E-state index contributed by atoms with van der Waals surface area (Å²) in [6, 6.07) is 19.3. The van der Waals surface area contributed by atoms with E-state index in [1.165, 1.54) is 11.3 Å². The van der Waals surface area contributed by atoms with Crippen molar-refractivity contribution in [3.05, 3.63) is 106 Å². The Bertz CT molecular complexity index is 2000. The fourth-order valence-corrected chi connectivity index (χ4v) is 8.05. The maximum Gasteiger partial charge on any atom is 0.405 e. The van der Waals surface area contributed by atoms with E-state index in [1.54, 1.807) is 36.8 Å². The van der Waals surface area contributed by atoms with Crippen LogP contribution in [0.15, 0.2) is 84.4 Å². The highest BCUT2D eigenvalue weighted by molar-refractivity contribution is 7.09. The summed E-state index contributed by atoms with van der Waals surface area (Å²) >= 11 is 1.53. The fraction of sp³-hybridized carbons (Fsp3) is 0.455. The summed E-state index contributed by atoms with van der Waals surface area (Å²) in [7, 11) is 0. The molecule has 2 aromatic carbocycles. The molecule has 14 heteroatoms. The molecule has 2 aromatic heterocycles. The number of carbonyl (C=O) groups is 4. The van der Waals surface area contributed by atoms with Gasteiger partial charge in [-0.1, -0.05) is 102 Å². The van der Waals surface area contributed by atoms with E-state index in [0.717, 1.165) is 33.1 Å². The Kier molecular flexibility index (Phi) is 14.3. The molecule has 5 atom stereocenters. The van der Waals surface area contributed by atoms with E-state index in [9.17, 15) is 29.4 Å². The lowest BCUT2D eigenvalue weighted by Gasteiger charge is -2.38. The normalized spacial score (nSPS) is 16.0. The van der Waals surface area contributed by atoms with Crippen LogP contribution in [0.4, 0.5) is 9.59 Å². The summed E-state index contributed by atoms with van der Waals surface area (Å²) in [5, 5.41) is 33.1. The maximum atomic E-state index is 14.5. The molecule has 1 saturated heterocycles. The van der Waals surface area contributed by atoms with Crippen LogP contribution in [0, 0.1) is 17.8 Å². The van der Waals surface area contributed by atoms with Crippen molar-refractivity contribution in [1.29, 1.82) is 0 Å².